The topological polar surface area (TPSA) is 70.2 Å². The highest BCUT2D eigenvalue weighted by atomic mass is 16.5. The highest BCUT2D eigenvalue weighted by Crippen LogP contribution is 2.32. The minimum atomic E-state index is -0.200. The van der Waals surface area contributed by atoms with Crippen molar-refractivity contribution >= 4 is 23.6 Å². The third-order valence-electron chi connectivity index (χ3n) is 2.93. The molecular weight excluding hydrogens is 242 g/mol. The van der Waals surface area contributed by atoms with Crippen LogP contribution in [0.15, 0.2) is 34.1 Å². The molecule has 2 aromatic rings. The van der Waals surface area contributed by atoms with Gasteiger partial charge < -0.3 is 4.74 Å². The standard InChI is InChI=1S/C14H13N3O2/c1-2-19-14-11(13(18)16-17-14)7-9-8-15-12-6-4-3-5-10(9)12/h3-8H,2H2,1H3,(H2,16,17,18)/b9-7-. The molecule has 0 aliphatic carbocycles. The molecule has 96 valence electrons. The van der Waals surface area contributed by atoms with Crippen molar-refractivity contribution in [3.63, 3.8) is 0 Å². The molecule has 0 spiro atoms. The predicted octanol–water partition coefficient (Wildman–Crippen LogP) is 2.36. The molecule has 0 saturated carbocycles. The van der Waals surface area contributed by atoms with E-state index in [0.717, 1.165) is 16.8 Å². The van der Waals surface area contributed by atoms with Crippen LogP contribution in [-0.2, 0) is 0 Å². The van der Waals surface area contributed by atoms with Crippen LogP contribution in [0, 0.1) is 0 Å². The summed E-state index contributed by atoms with van der Waals surface area (Å²) in [5, 5.41) is 5.25. The van der Waals surface area contributed by atoms with Gasteiger partial charge in [-0.3, -0.25) is 20.0 Å². The van der Waals surface area contributed by atoms with E-state index in [-0.39, 0.29) is 5.56 Å². The summed E-state index contributed by atoms with van der Waals surface area (Å²) in [5.74, 6) is 0.456. The number of nitrogens with zero attached hydrogens (tertiary/aromatic N) is 1. The summed E-state index contributed by atoms with van der Waals surface area (Å²) in [7, 11) is 0. The van der Waals surface area contributed by atoms with Crippen LogP contribution < -0.4 is 10.3 Å². The van der Waals surface area contributed by atoms with E-state index in [1.807, 2.05) is 31.2 Å². The molecule has 1 aromatic heterocycles. The molecule has 1 aliphatic rings. The van der Waals surface area contributed by atoms with E-state index < -0.39 is 0 Å². The number of hydrogen-bond acceptors (Lipinski definition) is 3. The molecule has 0 radical (unpaired) electrons. The monoisotopic (exact) mass is 255 g/mol. The fourth-order valence-corrected chi connectivity index (χ4v) is 2.05. The summed E-state index contributed by atoms with van der Waals surface area (Å²) < 4.78 is 5.38. The lowest BCUT2D eigenvalue weighted by molar-refractivity contribution is 0.325. The van der Waals surface area contributed by atoms with Crippen LogP contribution in [0.3, 0.4) is 0 Å². The van der Waals surface area contributed by atoms with E-state index >= 15 is 0 Å². The normalized spacial score (nSPS) is 14.9. The Kier molecular flexibility index (Phi) is 2.79. The van der Waals surface area contributed by atoms with Crippen molar-refractivity contribution in [3.8, 4) is 5.88 Å². The lowest BCUT2D eigenvalue weighted by atomic mass is 10.1. The van der Waals surface area contributed by atoms with E-state index in [2.05, 4.69) is 15.2 Å². The maximum atomic E-state index is 11.8. The predicted molar refractivity (Wildman–Crippen MR) is 75.0 cm³/mol. The average Bonchev–Trinajstić information content (AvgIpc) is 2.98. The van der Waals surface area contributed by atoms with Crippen molar-refractivity contribution < 1.29 is 4.74 Å². The molecule has 19 heavy (non-hydrogen) atoms. The Hall–Kier alpha value is -2.56. The van der Waals surface area contributed by atoms with Crippen LogP contribution in [0.2, 0.25) is 0 Å². The fourth-order valence-electron chi connectivity index (χ4n) is 2.05. The third-order valence-corrected chi connectivity index (χ3v) is 2.93. The molecule has 0 fully saturated rings. The SMILES string of the molecule is CCOc1[nH][nH]c(=O)c1/C=C1/C=Nc2ccccc21. The van der Waals surface area contributed by atoms with Gasteiger partial charge in [0, 0.05) is 17.4 Å². The summed E-state index contributed by atoms with van der Waals surface area (Å²) in [6.45, 7) is 2.36. The van der Waals surface area contributed by atoms with Gasteiger partial charge in [0.05, 0.1) is 12.3 Å². The Morgan fingerprint density at radius 2 is 2.16 bits per heavy atom. The number of ether oxygens (including phenoxy) is 1. The second-order valence-electron chi connectivity index (χ2n) is 4.13. The average molecular weight is 255 g/mol. The largest absolute Gasteiger partial charge is 0.478 e. The van der Waals surface area contributed by atoms with Crippen LogP contribution in [0.5, 0.6) is 5.88 Å². The van der Waals surface area contributed by atoms with Crippen LogP contribution in [0.1, 0.15) is 18.1 Å². The number of rotatable bonds is 3. The number of para-hydroxylation sites is 1. The first-order valence-electron chi connectivity index (χ1n) is 6.08. The second kappa shape index (κ2) is 4.61. The van der Waals surface area contributed by atoms with Gasteiger partial charge in [0.2, 0.25) is 5.88 Å². The van der Waals surface area contributed by atoms with Crippen molar-refractivity contribution in [2.45, 2.75) is 6.92 Å². The van der Waals surface area contributed by atoms with E-state index in [4.69, 9.17) is 4.74 Å². The number of aromatic nitrogens is 2. The van der Waals surface area contributed by atoms with Crippen LogP contribution in [0.25, 0.3) is 11.6 Å². The van der Waals surface area contributed by atoms with Crippen LogP contribution >= 0.6 is 0 Å². The lowest BCUT2D eigenvalue weighted by Gasteiger charge is -2.01. The van der Waals surface area contributed by atoms with E-state index in [1.165, 1.54) is 0 Å². The molecule has 0 atom stereocenters. The smallest absolute Gasteiger partial charge is 0.275 e. The number of benzene rings is 1. The van der Waals surface area contributed by atoms with Gasteiger partial charge in [-0.25, -0.2) is 0 Å². The molecule has 2 N–H and O–H groups in total. The number of H-pyrrole nitrogens is 2. The van der Waals surface area contributed by atoms with Crippen LogP contribution in [0.4, 0.5) is 5.69 Å². The van der Waals surface area contributed by atoms with Crippen LogP contribution in [-0.4, -0.2) is 23.0 Å². The van der Waals surface area contributed by atoms with Crippen molar-refractivity contribution in [3.05, 3.63) is 45.7 Å². The van der Waals surface area contributed by atoms with E-state index in [1.54, 1.807) is 12.3 Å². The third kappa shape index (κ3) is 1.99. The van der Waals surface area contributed by atoms with Gasteiger partial charge in [-0.2, -0.15) is 0 Å². The van der Waals surface area contributed by atoms with E-state index in [9.17, 15) is 4.79 Å². The molecule has 0 amide bonds. The molecule has 2 heterocycles. The molecule has 0 bridgehead atoms. The zero-order valence-electron chi connectivity index (χ0n) is 10.4. The first kappa shape index (κ1) is 11.5. The maximum absolute atomic E-state index is 11.8. The Morgan fingerprint density at radius 3 is 3.00 bits per heavy atom. The Bertz CT molecular complexity index is 722. The number of hydrogen-bond donors (Lipinski definition) is 2. The highest BCUT2D eigenvalue weighted by molar-refractivity contribution is 6.21. The van der Waals surface area contributed by atoms with Crippen molar-refractivity contribution in [1.29, 1.82) is 0 Å². The number of allylic oxidation sites excluding steroid dienone is 1. The fraction of sp³-hybridized carbons (Fsp3) is 0.143. The summed E-state index contributed by atoms with van der Waals surface area (Å²) >= 11 is 0. The number of nitrogens with one attached hydrogen (secondary N) is 2. The van der Waals surface area contributed by atoms with Crippen molar-refractivity contribution in [1.82, 2.24) is 10.2 Å². The maximum Gasteiger partial charge on any atom is 0.275 e. The second-order valence-corrected chi connectivity index (χ2v) is 4.13. The van der Waals surface area contributed by atoms with Crippen molar-refractivity contribution in [2.75, 3.05) is 6.61 Å². The van der Waals surface area contributed by atoms with Gasteiger partial charge >= 0.3 is 0 Å². The van der Waals surface area contributed by atoms with Gasteiger partial charge in [0.15, 0.2) is 0 Å². The molecule has 1 aromatic carbocycles. The zero-order valence-corrected chi connectivity index (χ0v) is 10.4. The Balaban J connectivity index is 2.07. The summed E-state index contributed by atoms with van der Waals surface area (Å²) in [6.07, 6.45) is 3.54. The Morgan fingerprint density at radius 1 is 1.32 bits per heavy atom. The zero-order chi connectivity index (χ0) is 13.2. The molecule has 0 unspecified atom stereocenters. The first-order valence-corrected chi connectivity index (χ1v) is 6.08. The summed E-state index contributed by atoms with van der Waals surface area (Å²) in [4.78, 5) is 16.1. The number of aromatic amines is 2. The quantitative estimate of drug-likeness (QED) is 0.883. The molecule has 5 heteroatoms. The number of fused-ring (bicyclic) bond motifs is 1. The first-order chi connectivity index (χ1) is 9.29. The van der Waals surface area contributed by atoms with Gasteiger partial charge in [0.25, 0.3) is 5.56 Å². The lowest BCUT2D eigenvalue weighted by Crippen LogP contribution is -2.03. The number of aliphatic imine (C=N–C) groups is 1. The van der Waals surface area contributed by atoms with Gasteiger partial charge in [0.1, 0.15) is 5.56 Å². The van der Waals surface area contributed by atoms with Gasteiger partial charge in [-0.1, -0.05) is 18.2 Å². The Labute approximate surface area is 109 Å². The van der Waals surface area contributed by atoms with Crippen molar-refractivity contribution in [2.24, 2.45) is 4.99 Å². The minimum Gasteiger partial charge on any atom is -0.478 e. The van der Waals surface area contributed by atoms with E-state index in [0.29, 0.717) is 18.1 Å². The van der Waals surface area contributed by atoms with Gasteiger partial charge in [-0.15, -0.1) is 0 Å². The molecular formula is C14H13N3O2. The molecule has 3 rings (SSSR count). The summed E-state index contributed by atoms with van der Waals surface area (Å²) in [5.41, 5.74) is 3.12. The summed E-state index contributed by atoms with van der Waals surface area (Å²) in [6, 6.07) is 7.81. The minimum absolute atomic E-state index is 0.200. The molecule has 1 aliphatic heterocycles. The highest BCUT2D eigenvalue weighted by Gasteiger charge is 2.14. The molecule has 5 nitrogen and oxygen atoms in total. The van der Waals surface area contributed by atoms with Gasteiger partial charge in [-0.05, 0) is 19.1 Å². The molecule has 0 saturated heterocycles.